The van der Waals surface area contributed by atoms with Gasteiger partial charge in [-0.15, -0.1) is 0 Å². The van der Waals surface area contributed by atoms with Gasteiger partial charge >= 0.3 is 0 Å². The minimum absolute atomic E-state index is 0.0904. The number of piperidine rings is 1. The van der Waals surface area contributed by atoms with Crippen LogP contribution in [0.5, 0.6) is 5.75 Å². The van der Waals surface area contributed by atoms with Crippen molar-refractivity contribution in [1.29, 1.82) is 0 Å². The van der Waals surface area contributed by atoms with Crippen LogP contribution in [0.3, 0.4) is 0 Å². The molecule has 3 N–H and O–H groups in total. The number of methoxy groups -OCH3 is 1. The van der Waals surface area contributed by atoms with Gasteiger partial charge in [-0.25, -0.2) is 0 Å². The highest BCUT2D eigenvalue weighted by atomic mass is 16.5. The quantitative estimate of drug-likeness (QED) is 0.601. The first-order chi connectivity index (χ1) is 16.0. The Morgan fingerprint density at radius 3 is 2.55 bits per heavy atom. The van der Waals surface area contributed by atoms with Gasteiger partial charge in [-0.05, 0) is 49.1 Å². The minimum atomic E-state index is -0.734. The summed E-state index contributed by atoms with van der Waals surface area (Å²) in [6.45, 7) is 2.70. The molecule has 0 saturated carbocycles. The highest BCUT2D eigenvalue weighted by Crippen LogP contribution is 2.20. The average Bonchev–Trinajstić information content (AvgIpc) is 2.95. The van der Waals surface area contributed by atoms with Gasteiger partial charge in [-0.3, -0.25) is 19.3 Å². The Labute approximate surface area is 193 Å². The van der Waals surface area contributed by atoms with Crippen LogP contribution in [-0.4, -0.2) is 54.9 Å². The number of nitrogens with one attached hydrogen (secondary N) is 3. The number of para-hydroxylation sites is 1. The smallest absolute Gasteiger partial charge is 0.254 e. The molecule has 1 unspecified atom stereocenters. The molecule has 1 fully saturated rings. The Morgan fingerprint density at radius 1 is 1.09 bits per heavy atom. The van der Waals surface area contributed by atoms with Crippen molar-refractivity contribution in [2.24, 2.45) is 0 Å². The van der Waals surface area contributed by atoms with Gasteiger partial charge in [-0.2, -0.15) is 0 Å². The molecule has 0 bridgehead atoms. The average molecular weight is 451 g/mol. The number of hydrogen-bond donors (Lipinski definition) is 3. The van der Waals surface area contributed by atoms with E-state index in [2.05, 4.69) is 33.0 Å². The zero-order valence-corrected chi connectivity index (χ0v) is 18.8. The number of fused-ring (bicyclic) bond motifs is 1. The molecular weight excluding hydrogens is 420 g/mol. The molecule has 2 aliphatic heterocycles. The van der Waals surface area contributed by atoms with Crippen LogP contribution in [0, 0.1) is 0 Å². The van der Waals surface area contributed by atoms with Crippen molar-refractivity contribution in [1.82, 2.24) is 15.5 Å². The Hall–Kier alpha value is -3.39. The summed E-state index contributed by atoms with van der Waals surface area (Å²) in [4.78, 5) is 39.8. The molecule has 1 atom stereocenters. The molecule has 1 saturated heterocycles. The third-order valence-electron chi connectivity index (χ3n) is 6.23. The van der Waals surface area contributed by atoms with E-state index in [1.165, 1.54) is 5.56 Å². The van der Waals surface area contributed by atoms with E-state index in [1.807, 2.05) is 12.1 Å². The van der Waals surface area contributed by atoms with Crippen molar-refractivity contribution in [3.8, 4) is 5.75 Å². The second-order valence-electron chi connectivity index (χ2n) is 8.57. The lowest BCUT2D eigenvalue weighted by Crippen LogP contribution is -2.45. The van der Waals surface area contributed by atoms with E-state index in [1.54, 1.807) is 31.4 Å². The number of rotatable bonds is 7. The second-order valence-corrected chi connectivity index (χ2v) is 8.57. The first-order valence-corrected chi connectivity index (χ1v) is 11.4. The van der Waals surface area contributed by atoms with Crippen LogP contribution in [-0.2, 0) is 16.1 Å². The summed E-state index contributed by atoms with van der Waals surface area (Å²) < 4.78 is 5.20. The fraction of sp³-hybridized carbons (Fsp3) is 0.400. The predicted octanol–water partition coefficient (Wildman–Crippen LogP) is 2.31. The Kier molecular flexibility index (Phi) is 7.24. The first kappa shape index (κ1) is 22.8. The molecule has 2 aromatic carbocycles. The molecular formula is C25H30N4O4. The lowest BCUT2D eigenvalue weighted by atomic mass is 10.0. The van der Waals surface area contributed by atoms with E-state index in [4.69, 9.17) is 4.74 Å². The zero-order chi connectivity index (χ0) is 23.2. The van der Waals surface area contributed by atoms with E-state index in [0.717, 1.165) is 38.2 Å². The number of anilines is 1. The van der Waals surface area contributed by atoms with Gasteiger partial charge in [0.1, 0.15) is 11.8 Å². The molecule has 0 radical (unpaired) electrons. The van der Waals surface area contributed by atoms with Crippen molar-refractivity contribution >= 4 is 23.4 Å². The molecule has 0 spiro atoms. The molecule has 2 heterocycles. The maximum atomic E-state index is 12.5. The van der Waals surface area contributed by atoms with Crippen molar-refractivity contribution < 1.29 is 19.1 Å². The number of carbonyl (C=O) groups excluding carboxylic acids is 3. The summed E-state index contributed by atoms with van der Waals surface area (Å²) in [7, 11) is 1.66. The fourth-order valence-corrected chi connectivity index (χ4v) is 4.31. The lowest BCUT2D eigenvalue weighted by molar-refractivity contribution is -0.122. The van der Waals surface area contributed by atoms with Crippen LogP contribution in [0.15, 0.2) is 48.5 Å². The molecule has 4 rings (SSSR count). The third-order valence-corrected chi connectivity index (χ3v) is 6.23. The minimum Gasteiger partial charge on any atom is -0.497 e. The Morgan fingerprint density at radius 2 is 1.82 bits per heavy atom. The van der Waals surface area contributed by atoms with Gasteiger partial charge in [0.25, 0.3) is 5.91 Å². The normalized spacial score (nSPS) is 19.1. The predicted molar refractivity (Wildman–Crippen MR) is 125 cm³/mol. The SMILES string of the molecule is COc1ccc(CN2CCC(NC(=O)CCC3NC(=O)c4ccccc4NC3=O)CC2)cc1. The topological polar surface area (TPSA) is 99.8 Å². The van der Waals surface area contributed by atoms with Gasteiger partial charge in [0.15, 0.2) is 0 Å². The molecule has 2 aromatic rings. The molecule has 174 valence electrons. The number of ether oxygens (including phenoxy) is 1. The standard InChI is InChI=1S/C25H30N4O4/c1-33-19-8-6-17(7-9-19)16-29-14-12-18(13-15-29)26-23(30)11-10-22-25(32)27-21-5-3-2-4-20(21)24(31)28-22/h2-9,18,22H,10-16H2,1H3,(H,26,30)(H,27,32)(H,28,31). The summed E-state index contributed by atoms with van der Waals surface area (Å²) in [6, 6.07) is 14.4. The van der Waals surface area contributed by atoms with Gasteiger partial charge in [0.2, 0.25) is 11.8 Å². The third kappa shape index (κ3) is 5.90. The van der Waals surface area contributed by atoms with Crippen molar-refractivity contribution in [3.63, 3.8) is 0 Å². The maximum Gasteiger partial charge on any atom is 0.254 e. The van der Waals surface area contributed by atoms with Crippen molar-refractivity contribution in [2.45, 2.75) is 44.3 Å². The first-order valence-electron chi connectivity index (χ1n) is 11.4. The number of benzene rings is 2. The number of hydrogen-bond acceptors (Lipinski definition) is 5. The molecule has 8 nitrogen and oxygen atoms in total. The summed E-state index contributed by atoms with van der Waals surface area (Å²) >= 11 is 0. The molecule has 33 heavy (non-hydrogen) atoms. The van der Waals surface area contributed by atoms with Gasteiger partial charge < -0.3 is 20.7 Å². The molecule has 8 heteroatoms. The number of nitrogens with zero attached hydrogens (tertiary/aromatic N) is 1. The largest absolute Gasteiger partial charge is 0.497 e. The summed E-state index contributed by atoms with van der Waals surface area (Å²) in [5, 5.41) is 8.60. The summed E-state index contributed by atoms with van der Waals surface area (Å²) in [5.74, 6) is 0.157. The lowest BCUT2D eigenvalue weighted by Gasteiger charge is -2.32. The van der Waals surface area contributed by atoms with E-state index in [0.29, 0.717) is 11.3 Å². The Balaban J connectivity index is 1.20. The van der Waals surface area contributed by atoms with E-state index < -0.39 is 6.04 Å². The Bertz CT molecular complexity index is 1000. The highest BCUT2D eigenvalue weighted by molar-refractivity contribution is 6.09. The van der Waals surface area contributed by atoms with Crippen LogP contribution in [0.1, 0.15) is 41.6 Å². The second kappa shape index (κ2) is 10.5. The molecule has 0 aliphatic carbocycles. The molecule has 2 aliphatic rings. The van der Waals surface area contributed by atoms with E-state index in [-0.39, 0.29) is 36.6 Å². The summed E-state index contributed by atoms with van der Waals surface area (Å²) in [5.41, 5.74) is 2.16. The monoisotopic (exact) mass is 450 g/mol. The van der Waals surface area contributed by atoms with Crippen LogP contribution < -0.4 is 20.7 Å². The van der Waals surface area contributed by atoms with Crippen LogP contribution in [0.25, 0.3) is 0 Å². The zero-order valence-electron chi connectivity index (χ0n) is 18.8. The van der Waals surface area contributed by atoms with Gasteiger partial charge in [-0.1, -0.05) is 24.3 Å². The van der Waals surface area contributed by atoms with Crippen molar-refractivity contribution in [2.75, 3.05) is 25.5 Å². The molecule has 3 amide bonds. The maximum absolute atomic E-state index is 12.5. The van der Waals surface area contributed by atoms with Crippen LogP contribution >= 0.6 is 0 Å². The van der Waals surface area contributed by atoms with E-state index in [9.17, 15) is 14.4 Å². The van der Waals surface area contributed by atoms with Crippen LogP contribution in [0.4, 0.5) is 5.69 Å². The van der Waals surface area contributed by atoms with E-state index >= 15 is 0 Å². The summed E-state index contributed by atoms with van der Waals surface area (Å²) in [6.07, 6.45) is 2.21. The number of likely N-dealkylation sites (tertiary alicyclic amines) is 1. The van der Waals surface area contributed by atoms with Gasteiger partial charge in [0, 0.05) is 32.1 Å². The number of amides is 3. The van der Waals surface area contributed by atoms with Crippen molar-refractivity contribution in [3.05, 3.63) is 59.7 Å². The molecule has 0 aromatic heterocycles. The number of carbonyl (C=O) groups is 3. The highest BCUT2D eigenvalue weighted by Gasteiger charge is 2.28. The van der Waals surface area contributed by atoms with Crippen LogP contribution in [0.2, 0.25) is 0 Å². The fourth-order valence-electron chi connectivity index (χ4n) is 4.31. The van der Waals surface area contributed by atoms with Gasteiger partial charge in [0.05, 0.1) is 18.4 Å².